The molecule has 0 aliphatic carbocycles. The van der Waals surface area contributed by atoms with Gasteiger partial charge in [0.2, 0.25) is 5.95 Å². The number of rotatable bonds is 7. The van der Waals surface area contributed by atoms with Crippen LogP contribution in [-0.2, 0) is 17.8 Å². The van der Waals surface area contributed by atoms with Gasteiger partial charge in [-0.1, -0.05) is 0 Å². The van der Waals surface area contributed by atoms with Gasteiger partial charge >= 0.3 is 0 Å². The van der Waals surface area contributed by atoms with E-state index < -0.39 is 0 Å². The van der Waals surface area contributed by atoms with Crippen LogP contribution in [0.2, 0.25) is 0 Å². The molecule has 0 saturated carbocycles. The first kappa shape index (κ1) is 11.7. The Morgan fingerprint density at radius 2 is 2.24 bits per heavy atom. The molecule has 0 aliphatic rings. The second-order valence-electron chi connectivity index (χ2n) is 3.63. The van der Waals surface area contributed by atoms with Crippen LogP contribution in [0.1, 0.15) is 0 Å². The maximum atomic E-state index is 5.04. The average Bonchev–Trinajstić information content (AvgIpc) is 2.98. The van der Waals surface area contributed by atoms with Crippen LogP contribution in [0.4, 0.5) is 5.95 Å². The van der Waals surface area contributed by atoms with Gasteiger partial charge in [-0.3, -0.25) is 4.68 Å². The Labute approximate surface area is 100 Å². The van der Waals surface area contributed by atoms with Crippen molar-refractivity contribution in [3.63, 3.8) is 0 Å². The molecule has 92 valence electrons. The molecular formula is C11H17N5O. The molecule has 2 aromatic heterocycles. The lowest BCUT2D eigenvalue weighted by atomic mass is 10.6. The molecule has 0 aromatic carbocycles. The van der Waals surface area contributed by atoms with Gasteiger partial charge in [0.15, 0.2) is 0 Å². The van der Waals surface area contributed by atoms with E-state index in [-0.39, 0.29) is 0 Å². The largest absolute Gasteiger partial charge is 0.383 e. The quantitative estimate of drug-likeness (QED) is 0.772. The zero-order valence-corrected chi connectivity index (χ0v) is 9.91. The van der Waals surface area contributed by atoms with Crippen molar-refractivity contribution >= 4 is 5.95 Å². The predicted octanol–water partition coefficient (Wildman–Crippen LogP) is 0.838. The molecule has 0 spiro atoms. The van der Waals surface area contributed by atoms with Crippen molar-refractivity contribution in [2.24, 2.45) is 0 Å². The fraction of sp³-hybridized carbons (Fsp3) is 0.455. The highest BCUT2D eigenvalue weighted by Gasteiger charge is 2.01. The molecule has 0 saturated heterocycles. The van der Waals surface area contributed by atoms with Gasteiger partial charge in [0.1, 0.15) is 0 Å². The molecule has 0 fully saturated rings. The molecule has 0 amide bonds. The maximum Gasteiger partial charge on any atom is 0.202 e. The first-order valence-electron chi connectivity index (χ1n) is 5.61. The van der Waals surface area contributed by atoms with Gasteiger partial charge in [0, 0.05) is 45.0 Å². The Morgan fingerprint density at radius 1 is 1.29 bits per heavy atom. The number of ether oxygens (including phenoxy) is 1. The third-order valence-electron chi connectivity index (χ3n) is 2.44. The summed E-state index contributed by atoms with van der Waals surface area (Å²) in [6.07, 6.45) is 7.44. The summed E-state index contributed by atoms with van der Waals surface area (Å²) in [5.41, 5.74) is 0. The lowest BCUT2D eigenvalue weighted by Gasteiger charge is -2.09. The van der Waals surface area contributed by atoms with Crippen molar-refractivity contribution in [3.05, 3.63) is 30.9 Å². The van der Waals surface area contributed by atoms with Crippen LogP contribution in [-0.4, -0.2) is 39.6 Å². The predicted molar refractivity (Wildman–Crippen MR) is 64.8 cm³/mol. The summed E-state index contributed by atoms with van der Waals surface area (Å²) in [6, 6.07) is 1.92. The average molecular weight is 235 g/mol. The van der Waals surface area contributed by atoms with Gasteiger partial charge in [-0.05, 0) is 6.07 Å². The summed E-state index contributed by atoms with van der Waals surface area (Å²) in [4.78, 5) is 4.25. The second kappa shape index (κ2) is 6.05. The SMILES string of the molecule is COCCn1ccnc1NCCn1cccn1. The van der Waals surface area contributed by atoms with Crippen LogP contribution in [0.5, 0.6) is 0 Å². The molecule has 0 atom stereocenters. The minimum atomic E-state index is 0.685. The molecule has 1 N–H and O–H groups in total. The first-order chi connectivity index (χ1) is 8.40. The zero-order chi connectivity index (χ0) is 11.9. The molecular weight excluding hydrogens is 218 g/mol. The van der Waals surface area contributed by atoms with E-state index in [0.29, 0.717) is 6.61 Å². The molecule has 6 nitrogen and oxygen atoms in total. The smallest absolute Gasteiger partial charge is 0.202 e. The van der Waals surface area contributed by atoms with Gasteiger partial charge in [-0.25, -0.2) is 4.98 Å². The van der Waals surface area contributed by atoms with Crippen LogP contribution < -0.4 is 5.32 Å². The van der Waals surface area contributed by atoms with Gasteiger partial charge in [0.25, 0.3) is 0 Å². The monoisotopic (exact) mass is 235 g/mol. The highest BCUT2D eigenvalue weighted by atomic mass is 16.5. The molecule has 6 heteroatoms. The van der Waals surface area contributed by atoms with Crippen molar-refractivity contribution < 1.29 is 4.74 Å². The molecule has 0 bridgehead atoms. The summed E-state index contributed by atoms with van der Waals surface area (Å²) < 4.78 is 8.96. The van der Waals surface area contributed by atoms with Crippen LogP contribution in [0.15, 0.2) is 30.9 Å². The normalized spacial score (nSPS) is 10.6. The Bertz CT molecular complexity index is 423. The molecule has 17 heavy (non-hydrogen) atoms. The number of hydrogen-bond acceptors (Lipinski definition) is 4. The molecule has 2 rings (SSSR count). The molecule has 0 radical (unpaired) electrons. The van der Waals surface area contributed by atoms with Crippen molar-refractivity contribution in [2.75, 3.05) is 25.6 Å². The fourth-order valence-corrected chi connectivity index (χ4v) is 1.56. The summed E-state index contributed by atoms with van der Waals surface area (Å²) >= 11 is 0. The van der Waals surface area contributed by atoms with E-state index in [2.05, 4.69) is 15.4 Å². The van der Waals surface area contributed by atoms with Gasteiger partial charge < -0.3 is 14.6 Å². The van der Waals surface area contributed by atoms with Crippen molar-refractivity contribution in [1.29, 1.82) is 0 Å². The minimum Gasteiger partial charge on any atom is -0.383 e. The van der Waals surface area contributed by atoms with Crippen molar-refractivity contribution in [2.45, 2.75) is 13.1 Å². The van der Waals surface area contributed by atoms with Crippen LogP contribution >= 0.6 is 0 Å². The van der Waals surface area contributed by atoms with Crippen molar-refractivity contribution in [3.8, 4) is 0 Å². The van der Waals surface area contributed by atoms with Crippen molar-refractivity contribution in [1.82, 2.24) is 19.3 Å². The zero-order valence-electron chi connectivity index (χ0n) is 9.91. The maximum absolute atomic E-state index is 5.04. The van der Waals surface area contributed by atoms with Gasteiger partial charge in [-0.2, -0.15) is 5.10 Å². The minimum absolute atomic E-state index is 0.685. The highest BCUT2D eigenvalue weighted by Crippen LogP contribution is 2.03. The second-order valence-corrected chi connectivity index (χ2v) is 3.63. The third kappa shape index (κ3) is 3.32. The molecule has 2 aromatic rings. The third-order valence-corrected chi connectivity index (χ3v) is 2.44. The molecule has 0 unspecified atom stereocenters. The number of imidazole rings is 1. The van der Waals surface area contributed by atoms with E-state index in [4.69, 9.17) is 4.74 Å². The standard InChI is InChI=1S/C11H17N5O/c1-17-10-9-15-7-4-12-11(15)13-5-8-16-6-2-3-14-16/h2-4,6-7H,5,8-10H2,1H3,(H,12,13). The topological polar surface area (TPSA) is 56.9 Å². The van der Waals surface area contributed by atoms with Crippen LogP contribution in [0.3, 0.4) is 0 Å². The van der Waals surface area contributed by atoms with Crippen LogP contribution in [0, 0.1) is 0 Å². The first-order valence-corrected chi connectivity index (χ1v) is 5.61. The molecule has 0 aliphatic heterocycles. The summed E-state index contributed by atoms with van der Waals surface area (Å²) in [5.74, 6) is 0.870. The highest BCUT2D eigenvalue weighted by molar-refractivity contribution is 5.25. The summed E-state index contributed by atoms with van der Waals surface area (Å²) in [6.45, 7) is 3.11. The van der Waals surface area contributed by atoms with E-state index in [1.165, 1.54) is 0 Å². The number of aromatic nitrogens is 4. The summed E-state index contributed by atoms with van der Waals surface area (Å²) in [5, 5.41) is 7.41. The van der Waals surface area contributed by atoms with Gasteiger partial charge in [0.05, 0.1) is 13.2 Å². The van der Waals surface area contributed by atoms with E-state index in [0.717, 1.165) is 25.6 Å². The van der Waals surface area contributed by atoms with E-state index in [1.807, 2.05) is 27.7 Å². The lowest BCUT2D eigenvalue weighted by molar-refractivity contribution is 0.187. The van der Waals surface area contributed by atoms with E-state index >= 15 is 0 Å². The number of nitrogens with one attached hydrogen (secondary N) is 1. The Hall–Kier alpha value is -1.82. The number of hydrogen-bond donors (Lipinski definition) is 1. The summed E-state index contributed by atoms with van der Waals surface area (Å²) in [7, 11) is 1.70. The lowest BCUT2D eigenvalue weighted by Crippen LogP contribution is -2.15. The number of nitrogens with zero attached hydrogens (tertiary/aromatic N) is 4. The van der Waals surface area contributed by atoms with E-state index in [9.17, 15) is 0 Å². The van der Waals surface area contributed by atoms with Crippen LogP contribution in [0.25, 0.3) is 0 Å². The van der Waals surface area contributed by atoms with Gasteiger partial charge in [-0.15, -0.1) is 0 Å². The number of methoxy groups -OCH3 is 1. The Balaban J connectivity index is 1.80. The Kier molecular flexibility index (Phi) is 4.15. The Morgan fingerprint density at radius 3 is 3.00 bits per heavy atom. The van der Waals surface area contributed by atoms with E-state index in [1.54, 1.807) is 19.5 Å². The fourth-order valence-electron chi connectivity index (χ4n) is 1.56. The molecule has 2 heterocycles. The number of anilines is 1.